The number of ether oxygens (including phenoxy) is 1. The maximum absolute atomic E-state index is 6.48. The molecule has 0 amide bonds. The van der Waals surface area contributed by atoms with Crippen LogP contribution in [0.1, 0.15) is 36.5 Å². The van der Waals surface area contributed by atoms with Crippen molar-refractivity contribution in [3.05, 3.63) is 45.9 Å². The molecule has 1 aromatic carbocycles. The van der Waals surface area contributed by atoms with Gasteiger partial charge in [0.25, 0.3) is 0 Å². The maximum atomic E-state index is 6.48. The highest BCUT2D eigenvalue weighted by Gasteiger charge is 2.29. The maximum Gasteiger partial charge on any atom is 0.194 e. The first-order chi connectivity index (χ1) is 10.8. The van der Waals surface area contributed by atoms with Gasteiger partial charge >= 0.3 is 0 Å². The van der Waals surface area contributed by atoms with Crippen molar-refractivity contribution in [2.75, 3.05) is 6.61 Å². The minimum Gasteiger partial charge on any atom is -0.492 e. The normalized spacial score (nSPS) is 12.1. The summed E-state index contributed by atoms with van der Waals surface area (Å²) >= 11 is 6.48. The highest BCUT2D eigenvalue weighted by atomic mass is 35.5. The molecule has 0 saturated heterocycles. The quantitative estimate of drug-likeness (QED) is 0.785. The predicted molar refractivity (Wildman–Crippen MR) is 91.5 cm³/mol. The molecule has 0 atom stereocenters. The molecule has 0 unspecified atom stereocenters. The zero-order valence-corrected chi connectivity index (χ0v) is 14.8. The summed E-state index contributed by atoms with van der Waals surface area (Å²) in [5, 5.41) is 8.09. The van der Waals surface area contributed by atoms with E-state index in [1.807, 2.05) is 13.0 Å². The summed E-state index contributed by atoms with van der Waals surface area (Å²) in [4.78, 5) is 4.34. The molecular formula is C17H21ClN4O. The summed E-state index contributed by atoms with van der Waals surface area (Å²) in [5.41, 5.74) is 3.58. The molecular weight excluding hydrogens is 312 g/mol. The van der Waals surface area contributed by atoms with Crippen molar-refractivity contribution in [3.8, 4) is 5.75 Å². The summed E-state index contributed by atoms with van der Waals surface area (Å²) in [7, 11) is 0. The van der Waals surface area contributed by atoms with Gasteiger partial charge in [-0.1, -0.05) is 43.1 Å². The molecule has 23 heavy (non-hydrogen) atoms. The van der Waals surface area contributed by atoms with E-state index in [0.717, 1.165) is 17.0 Å². The molecule has 0 aliphatic carbocycles. The molecule has 2 aromatic heterocycles. The molecule has 122 valence electrons. The number of nitrogens with one attached hydrogen (secondary N) is 1. The third kappa shape index (κ3) is 2.93. The van der Waals surface area contributed by atoms with Crippen LogP contribution in [0.5, 0.6) is 5.75 Å². The Labute approximate surface area is 140 Å². The lowest BCUT2D eigenvalue weighted by molar-refractivity contribution is 0.235. The molecule has 1 N–H and O–H groups in total. The Balaban J connectivity index is 1.85. The van der Waals surface area contributed by atoms with Gasteiger partial charge < -0.3 is 4.74 Å². The molecule has 3 rings (SSSR count). The fraction of sp³-hybridized carbons (Fsp3) is 0.412. The third-order valence-corrected chi connectivity index (χ3v) is 4.30. The van der Waals surface area contributed by atoms with Crippen LogP contribution < -0.4 is 4.74 Å². The van der Waals surface area contributed by atoms with E-state index in [4.69, 9.17) is 16.3 Å². The largest absolute Gasteiger partial charge is 0.492 e. The first-order valence-corrected chi connectivity index (χ1v) is 7.97. The van der Waals surface area contributed by atoms with Crippen LogP contribution in [0.2, 0.25) is 5.02 Å². The van der Waals surface area contributed by atoms with Crippen molar-refractivity contribution in [1.82, 2.24) is 19.8 Å². The van der Waals surface area contributed by atoms with Crippen molar-refractivity contribution in [1.29, 1.82) is 0 Å². The Bertz CT molecular complexity index is 863. The average Bonchev–Trinajstić information content (AvgIpc) is 2.96. The van der Waals surface area contributed by atoms with E-state index in [-0.39, 0.29) is 5.41 Å². The zero-order valence-electron chi connectivity index (χ0n) is 14.1. The molecule has 0 radical (unpaired) electrons. The van der Waals surface area contributed by atoms with Gasteiger partial charge in [-0.2, -0.15) is 4.63 Å². The van der Waals surface area contributed by atoms with E-state index in [9.17, 15) is 0 Å². The number of halogens is 1. The number of aromatic amines is 1. The molecule has 0 bridgehead atoms. The second-order valence-electron chi connectivity index (χ2n) is 6.64. The van der Waals surface area contributed by atoms with Crippen LogP contribution in [-0.4, -0.2) is 26.4 Å². The third-order valence-electron chi connectivity index (χ3n) is 3.94. The number of nitrogens with zero attached hydrogens (tertiary/aromatic N) is 3. The summed E-state index contributed by atoms with van der Waals surface area (Å²) in [6.45, 7) is 10.6. The average molecular weight is 333 g/mol. The van der Waals surface area contributed by atoms with E-state index in [1.54, 1.807) is 4.63 Å². The van der Waals surface area contributed by atoms with E-state index >= 15 is 0 Å². The first-order valence-electron chi connectivity index (χ1n) is 7.59. The van der Waals surface area contributed by atoms with Crippen LogP contribution in [0.3, 0.4) is 0 Å². The number of H-pyrrole nitrogens is 1. The summed E-state index contributed by atoms with van der Waals surface area (Å²) in [5.74, 6) is 1.58. The monoisotopic (exact) mass is 332 g/mol. The standard InChI is InChI=1S/C17H21ClN4O/c1-10-6-7-13(11(2)8-10)23-9-17(4,5)15-14(18)16-19-12(3)20-22(16)21-15/h6-8,21H,9H2,1-5H3. The van der Waals surface area contributed by atoms with Gasteiger partial charge in [0, 0.05) is 5.41 Å². The Hall–Kier alpha value is -2.01. The molecule has 2 heterocycles. The van der Waals surface area contributed by atoms with Crippen LogP contribution in [0, 0.1) is 20.8 Å². The molecule has 5 nitrogen and oxygen atoms in total. The lowest BCUT2D eigenvalue weighted by Crippen LogP contribution is -2.27. The van der Waals surface area contributed by atoms with Crippen LogP contribution in [0.15, 0.2) is 18.2 Å². The fourth-order valence-electron chi connectivity index (χ4n) is 2.64. The number of fused-ring (bicyclic) bond motifs is 1. The van der Waals surface area contributed by atoms with Gasteiger partial charge in [0.15, 0.2) is 5.65 Å². The van der Waals surface area contributed by atoms with Gasteiger partial charge in [-0.3, -0.25) is 5.10 Å². The second kappa shape index (κ2) is 5.57. The van der Waals surface area contributed by atoms with Gasteiger partial charge in [-0.25, -0.2) is 4.98 Å². The number of benzene rings is 1. The van der Waals surface area contributed by atoms with Crippen molar-refractivity contribution in [2.24, 2.45) is 0 Å². The molecule has 0 saturated carbocycles. The molecule has 0 aliphatic heterocycles. The minimum atomic E-state index is -0.301. The van der Waals surface area contributed by atoms with E-state index in [1.165, 1.54) is 5.56 Å². The molecule has 0 aliphatic rings. The topological polar surface area (TPSA) is 55.2 Å². The SMILES string of the molecule is Cc1ccc(OCC(C)(C)c2[nH]n3nc(C)nc3c2Cl)c(C)c1. The predicted octanol–water partition coefficient (Wildman–Crippen LogP) is 3.99. The molecule has 3 aromatic rings. The van der Waals surface area contributed by atoms with E-state index in [2.05, 4.69) is 55.0 Å². The smallest absolute Gasteiger partial charge is 0.194 e. The zero-order chi connectivity index (χ0) is 16.8. The number of aromatic nitrogens is 4. The Morgan fingerprint density at radius 3 is 2.65 bits per heavy atom. The number of hydrogen-bond donors (Lipinski definition) is 1. The summed E-state index contributed by atoms with van der Waals surface area (Å²) in [6.07, 6.45) is 0. The van der Waals surface area contributed by atoms with Crippen molar-refractivity contribution in [2.45, 2.75) is 40.0 Å². The molecule has 6 heteroatoms. The van der Waals surface area contributed by atoms with Crippen molar-refractivity contribution in [3.63, 3.8) is 0 Å². The second-order valence-corrected chi connectivity index (χ2v) is 7.01. The van der Waals surface area contributed by atoms with Crippen LogP contribution >= 0.6 is 11.6 Å². The summed E-state index contributed by atoms with van der Waals surface area (Å²) in [6, 6.07) is 6.18. The fourth-order valence-corrected chi connectivity index (χ4v) is 3.06. The Kier molecular flexibility index (Phi) is 3.84. The number of rotatable bonds is 4. The minimum absolute atomic E-state index is 0.301. The van der Waals surface area contributed by atoms with Crippen molar-refractivity contribution < 1.29 is 4.74 Å². The highest BCUT2D eigenvalue weighted by Crippen LogP contribution is 2.32. The van der Waals surface area contributed by atoms with Crippen molar-refractivity contribution >= 4 is 17.2 Å². The van der Waals surface area contributed by atoms with E-state index < -0.39 is 0 Å². The van der Waals surface area contributed by atoms with Crippen LogP contribution in [0.4, 0.5) is 0 Å². The van der Waals surface area contributed by atoms with Crippen LogP contribution in [0.25, 0.3) is 5.65 Å². The van der Waals surface area contributed by atoms with Gasteiger partial charge in [0.05, 0.1) is 12.3 Å². The number of aryl methyl sites for hydroxylation is 3. The van der Waals surface area contributed by atoms with E-state index in [0.29, 0.717) is 23.1 Å². The summed E-state index contributed by atoms with van der Waals surface area (Å²) < 4.78 is 7.65. The van der Waals surface area contributed by atoms with Gasteiger partial charge in [0.2, 0.25) is 0 Å². The first kappa shape index (κ1) is 15.9. The highest BCUT2D eigenvalue weighted by molar-refractivity contribution is 6.34. The van der Waals surface area contributed by atoms with Gasteiger partial charge in [-0.15, -0.1) is 5.10 Å². The molecule has 0 spiro atoms. The Morgan fingerprint density at radius 2 is 2.00 bits per heavy atom. The lowest BCUT2D eigenvalue weighted by Gasteiger charge is -2.24. The van der Waals surface area contributed by atoms with Gasteiger partial charge in [0.1, 0.15) is 16.6 Å². The lowest BCUT2D eigenvalue weighted by atomic mass is 9.90. The van der Waals surface area contributed by atoms with Gasteiger partial charge in [-0.05, 0) is 32.4 Å². The number of hydrogen-bond acceptors (Lipinski definition) is 3. The Morgan fingerprint density at radius 1 is 1.26 bits per heavy atom. The van der Waals surface area contributed by atoms with Crippen LogP contribution in [-0.2, 0) is 5.41 Å². The molecule has 0 fully saturated rings.